The summed E-state index contributed by atoms with van der Waals surface area (Å²) in [5.41, 5.74) is 3.38. The van der Waals surface area contributed by atoms with Crippen LogP contribution in [0, 0.1) is 12.8 Å². The monoisotopic (exact) mass is 471 g/mol. The van der Waals surface area contributed by atoms with E-state index in [1.165, 1.54) is 0 Å². The molecule has 182 valence electrons. The van der Waals surface area contributed by atoms with E-state index in [4.69, 9.17) is 0 Å². The maximum absolute atomic E-state index is 13.8. The van der Waals surface area contributed by atoms with Crippen LogP contribution < -0.4 is 10.2 Å². The summed E-state index contributed by atoms with van der Waals surface area (Å²) in [6, 6.07) is 18.6. The van der Waals surface area contributed by atoms with Crippen molar-refractivity contribution in [1.29, 1.82) is 0 Å². The average Bonchev–Trinajstić information content (AvgIpc) is 3.11. The first-order valence-corrected chi connectivity index (χ1v) is 12.3. The lowest BCUT2D eigenvalue weighted by Gasteiger charge is -2.32. The molecule has 1 aliphatic heterocycles. The first kappa shape index (κ1) is 24.5. The summed E-state index contributed by atoms with van der Waals surface area (Å²) in [4.78, 5) is 43.4. The van der Waals surface area contributed by atoms with Crippen molar-refractivity contribution in [3.05, 3.63) is 77.4 Å². The van der Waals surface area contributed by atoms with Gasteiger partial charge in [0.1, 0.15) is 12.6 Å². The molecule has 35 heavy (non-hydrogen) atoms. The Bertz CT molecular complexity index is 1260. The van der Waals surface area contributed by atoms with Crippen molar-refractivity contribution < 1.29 is 14.4 Å². The van der Waals surface area contributed by atoms with Crippen LogP contribution in [0.3, 0.4) is 0 Å². The highest BCUT2D eigenvalue weighted by Crippen LogP contribution is 2.37. The van der Waals surface area contributed by atoms with E-state index in [2.05, 4.69) is 5.32 Å². The predicted molar refractivity (Wildman–Crippen MR) is 139 cm³/mol. The molecule has 3 amide bonds. The Morgan fingerprint density at radius 2 is 1.71 bits per heavy atom. The molecule has 0 spiro atoms. The van der Waals surface area contributed by atoms with E-state index in [0.717, 1.165) is 27.6 Å². The molecule has 0 aliphatic carbocycles. The van der Waals surface area contributed by atoms with Crippen LogP contribution in [-0.4, -0.2) is 41.8 Å². The molecule has 3 aromatic rings. The second-order valence-electron chi connectivity index (χ2n) is 9.58. The number of carbonyl (C=O) groups excluding carboxylic acids is 3. The average molecular weight is 472 g/mol. The minimum atomic E-state index is -0.628. The largest absolute Gasteiger partial charge is 0.354 e. The fourth-order valence-electron chi connectivity index (χ4n) is 4.68. The Balaban J connectivity index is 1.65. The van der Waals surface area contributed by atoms with Gasteiger partial charge in [0.05, 0.1) is 5.69 Å². The maximum Gasteiger partial charge on any atom is 0.259 e. The van der Waals surface area contributed by atoms with E-state index in [1.54, 1.807) is 15.9 Å². The van der Waals surface area contributed by atoms with Crippen molar-refractivity contribution in [3.63, 3.8) is 0 Å². The van der Waals surface area contributed by atoms with Gasteiger partial charge in [-0.05, 0) is 47.9 Å². The quantitative estimate of drug-likeness (QED) is 0.492. The third kappa shape index (κ3) is 4.92. The van der Waals surface area contributed by atoms with Crippen molar-refractivity contribution in [1.82, 2.24) is 10.2 Å². The van der Waals surface area contributed by atoms with E-state index < -0.39 is 6.04 Å². The molecule has 1 atom stereocenters. The van der Waals surface area contributed by atoms with E-state index in [0.29, 0.717) is 31.0 Å². The van der Waals surface area contributed by atoms with E-state index in [-0.39, 0.29) is 24.3 Å². The minimum absolute atomic E-state index is 0.119. The topological polar surface area (TPSA) is 69.7 Å². The lowest BCUT2D eigenvalue weighted by Crippen LogP contribution is -2.52. The third-order valence-electron chi connectivity index (χ3n) is 6.61. The fourth-order valence-corrected chi connectivity index (χ4v) is 4.68. The van der Waals surface area contributed by atoms with Crippen LogP contribution in [0.2, 0.25) is 0 Å². The molecular weight excluding hydrogens is 438 g/mol. The van der Waals surface area contributed by atoms with Gasteiger partial charge in [0.15, 0.2) is 0 Å². The Morgan fingerprint density at radius 3 is 2.40 bits per heavy atom. The lowest BCUT2D eigenvalue weighted by atomic mass is 10.1. The molecule has 0 saturated carbocycles. The summed E-state index contributed by atoms with van der Waals surface area (Å²) >= 11 is 0. The highest BCUT2D eigenvalue weighted by Gasteiger charge is 2.35. The molecular formula is C29H33N3O3. The molecule has 0 fully saturated rings. The number of nitrogens with zero attached hydrogens (tertiary/aromatic N) is 2. The number of benzene rings is 3. The smallest absolute Gasteiger partial charge is 0.259 e. The van der Waals surface area contributed by atoms with Crippen molar-refractivity contribution in [2.24, 2.45) is 5.92 Å². The minimum Gasteiger partial charge on any atom is -0.354 e. The molecule has 0 bridgehead atoms. The molecule has 0 aromatic heterocycles. The number of anilines is 1. The summed E-state index contributed by atoms with van der Waals surface area (Å²) in [5, 5.41) is 4.83. The number of hydrogen-bond acceptors (Lipinski definition) is 3. The molecule has 3 aromatic carbocycles. The van der Waals surface area contributed by atoms with E-state index in [1.807, 2.05) is 82.3 Å². The van der Waals surface area contributed by atoms with Crippen LogP contribution >= 0.6 is 0 Å². The van der Waals surface area contributed by atoms with Gasteiger partial charge in [-0.1, -0.05) is 69.3 Å². The molecule has 1 aliphatic rings. The Morgan fingerprint density at radius 1 is 1.00 bits per heavy atom. The summed E-state index contributed by atoms with van der Waals surface area (Å²) in [5.74, 6) is -0.296. The first-order valence-electron chi connectivity index (χ1n) is 12.3. The number of aryl methyl sites for hydroxylation is 1. The summed E-state index contributed by atoms with van der Waals surface area (Å²) < 4.78 is 0. The SMILES string of the molecule is CCC(C(=O)NCC(C)C)N(Cc1ccccc1C)C(=O)CN1C(=O)c2cccc3cccc1c23. The molecule has 6 heteroatoms. The van der Waals surface area contributed by atoms with Crippen LogP contribution in [0.15, 0.2) is 60.7 Å². The zero-order chi connectivity index (χ0) is 25.1. The van der Waals surface area contributed by atoms with Gasteiger partial charge in [-0.25, -0.2) is 0 Å². The second kappa shape index (κ2) is 10.3. The Hall–Kier alpha value is -3.67. The first-order chi connectivity index (χ1) is 16.8. The van der Waals surface area contributed by atoms with Gasteiger partial charge in [0.25, 0.3) is 5.91 Å². The van der Waals surface area contributed by atoms with Gasteiger partial charge >= 0.3 is 0 Å². The number of hydrogen-bond donors (Lipinski definition) is 1. The summed E-state index contributed by atoms with van der Waals surface area (Å²) in [7, 11) is 0. The van der Waals surface area contributed by atoms with Crippen LogP contribution in [0.25, 0.3) is 10.8 Å². The standard InChI is InChI=1S/C29H33N3O3/c1-5-24(28(34)30-16-19(2)3)31(17-22-11-7-6-10-20(22)4)26(33)18-32-25-15-9-13-21-12-8-14-23(27(21)25)29(32)35/h6-15,19,24H,5,16-18H2,1-4H3,(H,30,34). The highest BCUT2D eigenvalue weighted by atomic mass is 16.2. The van der Waals surface area contributed by atoms with Gasteiger partial charge in [0.2, 0.25) is 11.8 Å². The normalized spacial score (nSPS) is 13.4. The molecule has 6 nitrogen and oxygen atoms in total. The van der Waals surface area contributed by atoms with Crippen LogP contribution in [0.5, 0.6) is 0 Å². The van der Waals surface area contributed by atoms with Crippen molar-refractivity contribution in [2.45, 2.75) is 46.7 Å². The number of carbonyl (C=O) groups is 3. The summed E-state index contributed by atoms with van der Waals surface area (Å²) in [6.07, 6.45) is 0.477. The van der Waals surface area contributed by atoms with Crippen LogP contribution in [0.1, 0.15) is 48.7 Å². The zero-order valence-corrected chi connectivity index (χ0v) is 20.9. The second-order valence-corrected chi connectivity index (χ2v) is 9.58. The van der Waals surface area contributed by atoms with Gasteiger partial charge in [-0.3, -0.25) is 19.3 Å². The number of nitrogens with one attached hydrogen (secondary N) is 1. The van der Waals surface area contributed by atoms with Gasteiger partial charge in [-0.15, -0.1) is 0 Å². The number of amides is 3. The molecule has 0 radical (unpaired) electrons. The molecule has 4 rings (SSSR count). The predicted octanol–water partition coefficient (Wildman–Crippen LogP) is 4.69. The van der Waals surface area contributed by atoms with Gasteiger partial charge in [0, 0.05) is 24.0 Å². The fraction of sp³-hybridized carbons (Fsp3) is 0.345. The van der Waals surface area contributed by atoms with Crippen LogP contribution in [0.4, 0.5) is 5.69 Å². The third-order valence-corrected chi connectivity index (χ3v) is 6.61. The maximum atomic E-state index is 13.8. The Labute approximate surface area is 206 Å². The Kier molecular flexibility index (Phi) is 7.20. The molecule has 1 N–H and O–H groups in total. The van der Waals surface area contributed by atoms with Gasteiger partial charge < -0.3 is 10.2 Å². The molecule has 0 saturated heterocycles. The number of rotatable bonds is 9. The van der Waals surface area contributed by atoms with Crippen molar-refractivity contribution >= 4 is 34.2 Å². The highest BCUT2D eigenvalue weighted by molar-refractivity contribution is 6.26. The zero-order valence-electron chi connectivity index (χ0n) is 20.9. The van der Waals surface area contributed by atoms with Crippen molar-refractivity contribution in [3.8, 4) is 0 Å². The van der Waals surface area contributed by atoms with Gasteiger partial charge in [-0.2, -0.15) is 0 Å². The summed E-state index contributed by atoms with van der Waals surface area (Å²) in [6.45, 7) is 8.71. The van der Waals surface area contributed by atoms with E-state index >= 15 is 0 Å². The van der Waals surface area contributed by atoms with Crippen LogP contribution in [-0.2, 0) is 16.1 Å². The van der Waals surface area contributed by atoms with E-state index in [9.17, 15) is 14.4 Å². The lowest BCUT2D eigenvalue weighted by molar-refractivity contribution is -0.140. The molecule has 1 heterocycles. The van der Waals surface area contributed by atoms with Crippen molar-refractivity contribution in [2.75, 3.05) is 18.0 Å². The molecule has 1 unspecified atom stereocenters.